The Morgan fingerprint density at radius 2 is 1.93 bits per heavy atom. The molecule has 45 heavy (non-hydrogen) atoms. The maximum Gasteiger partial charge on any atom is 0.459 e. The lowest BCUT2D eigenvalue weighted by Gasteiger charge is -2.31. The molecule has 14 nitrogen and oxygen atoms in total. The van der Waals surface area contributed by atoms with Crippen molar-refractivity contribution in [2.75, 3.05) is 12.3 Å². The van der Waals surface area contributed by atoms with E-state index in [0.29, 0.717) is 11.2 Å². The molecular weight excluding hydrogens is 603 g/mol. The molecule has 240 valence electrons. The fraction of sp³-hybridized carbons (Fsp3) is 0.533. The lowest BCUT2D eigenvalue weighted by molar-refractivity contribution is -0.204. The van der Waals surface area contributed by atoms with Crippen molar-refractivity contribution >= 4 is 25.1 Å². The molecule has 2 saturated heterocycles. The number of para-hydroxylation sites is 1. The molecule has 2 aromatic heterocycles. The van der Waals surface area contributed by atoms with E-state index in [-0.39, 0.29) is 17.7 Å². The summed E-state index contributed by atoms with van der Waals surface area (Å²) in [6.45, 7) is 4.43. The van der Waals surface area contributed by atoms with Crippen LogP contribution in [0.4, 0.5) is 5.82 Å². The van der Waals surface area contributed by atoms with Crippen LogP contribution in [0.3, 0.4) is 0 Å². The second-order valence-electron chi connectivity index (χ2n) is 12.0. The summed E-state index contributed by atoms with van der Waals surface area (Å²) in [6, 6.07) is 13.0. The summed E-state index contributed by atoms with van der Waals surface area (Å²) in [5.41, 5.74) is 5.35. The summed E-state index contributed by atoms with van der Waals surface area (Å²) in [7, 11) is -4.33. The van der Waals surface area contributed by atoms with Gasteiger partial charge in [-0.05, 0) is 70.7 Å². The van der Waals surface area contributed by atoms with Gasteiger partial charge in [-0.15, -0.1) is 0 Å². The van der Waals surface area contributed by atoms with E-state index in [9.17, 15) is 14.6 Å². The van der Waals surface area contributed by atoms with Gasteiger partial charge in [0.15, 0.2) is 11.6 Å². The number of rotatable bonds is 10. The van der Waals surface area contributed by atoms with Gasteiger partial charge in [-0.2, -0.15) is 15.4 Å². The molecular formula is C30H37N6O8P. The first-order chi connectivity index (χ1) is 21.5. The SMILES string of the molecule is C[C@H](N[P@](=O)(OC[C@@]1(C#N)O[C@@H](c2ccc3c(N)ncnn23)[C@@H]2OC(C)(C)O[C@@H]21)Oc1ccccc1)C(=O)OC1CCCCC1. The van der Waals surface area contributed by atoms with Gasteiger partial charge in [0.2, 0.25) is 5.60 Å². The van der Waals surface area contributed by atoms with Gasteiger partial charge in [-0.3, -0.25) is 9.32 Å². The van der Waals surface area contributed by atoms with E-state index in [1.807, 2.05) is 0 Å². The Morgan fingerprint density at radius 1 is 1.18 bits per heavy atom. The fourth-order valence-corrected chi connectivity index (χ4v) is 7.54. The van der Waals surface area contributed by atoms with Crippen molar-refractivity contribution in [3.05, 3.63) is 54.5 Å². The zero-order valence-corrected chi connectivity index (χ0v) is 26.2. The molecule has 15 heteroatoms. The van der Waals surface area contributed by atoms with Crippen molar-refractivity contribution in [3.63, 3.8) is 0 Å². The second kappa shape index (κ2) is 12.3. The highest BCUT2D eigenvalue weighted by molar-refractivity contribution is 7.52. The quantitative estimate of drug-likeness (QED) is 0.238. The van der Waals surface area contributed by atoms with Gasteiger partial charge in [0.25, 0.3) is 0 Å². The van der Waals surface area contributed by atoms with Crippen molar-refractivity contribution in [1.29, 1.82) is 5.26 Å². The number of nitriles is 1. The van der Waals surface area contributed by atoms with Crippen LogP contribution in [0, 0.1) is 11.3 Å². The summed E-state index contributed by atoms with van der Waals surface area (Å²) >= 11 is 0. The van der Waals surface area contributed by atoms with Gasteiger partial charge in [-0.25, -0.2) is 14.1 Å². The van der Waals surface area contributed by atoms with Gasteiger partial charge < -0.3 is 29.2 Å². The number of ether oxygens (including phenoxy) is 4. The molecule has 3 aromatic rings. The lowest BCUT2D eigenvalue weighted by atomic mass is 9.96. The normalized spacial score (nSPS) is 28.2. The molecule has 1 aromatic carbocycles. The number of carbonyl (C=O) groups excluding carboxylic acids is 1. The fourth-order valence-electron chi connectivity index (χ4n) is 6.02. The van der Waals surface area contributed by atoms with E-state index >= 15 is 0 Å². The van der Waals surface area contributed by atoms with Crippen LogP contribution in [0.15, 0.2) is 48.8 Å². The molecule has 6 rings (SSSR count). The third kappa shape index (κ3) is 6.42. The van der Waals surface area contributed by atoms with Crippen molar-refractivity contribution in [1.82, 2.24) is 19.7 Å². The third-order valence-electron chi connectivity index (χ3n) is 8.17. The smallest absolute Gasteiger partial charge is 0.459 e. The minimum atomic E-state index is -4.33. The van der Waals surface area contributed by atoms with Crippen molar-refractivity contribution in [3.8, 4) is 11.8 Å². The highest BCUT2D eigenvalue weighted by atomic mass is 31.2. The largest absolute Gasteiger partial charge is 0.461 e. The standard InChI is InChI=1S/C30H37N6O8P/c1-19(28(37)40-20-10-6-4-7-11-20)35-45(38,44-21-12-8-5-9-13-21)39-17-30(16-31)26-25(41-29(2,3)43-26)24(42-30)22-14-15-23-27(32)33-18-34-36(22)23/h5,8-9,12-15,18-20,24-26H,4,6-7,10-11,17H2,1-3H3,(H,35,38)(H2,32,33,34)/t19-,24-,25-,26-,30+,45-/m0/s1. The van der Waals surface area contributed by atoms with Crippen LogP contribution in [0.2, 0.25) is 0 Å². The average Bonchev–Trinajstić information content (AvgIpc) is 3.67. The van der Waals surface area contributed by atoms with Crippen LogP contribution in [0.1, 0.15) is 64.7 Å². The molecule has 1 saturated carbocycles. The number of carbonyl (C=O) groups is 1. The first-order valence-corrected chi connectivity index (χ1v) is 16.6. The molecule has 4 heterocycles. The average molecular weight is 641 g/mol. The zero-order valence-electron chi connectivity index (χ0n) is 25.3. The van der Waals surface area contributed by atoms with Gasteiger partial charge in [0.05, 0.1) is 5.69 Å². The van der Waals surface area contributed by atoms with Crippen molar-refractivity contribution in [2.24, 2.45) is 0 Å². The number of anilines is 1. The van der Waals surface area contributed by atoms with Gasteiger partial charge in [0.1, 0.15) is 60.7 Å². The topological polar surface area (TPSA) is 182 Å². The number of fused-ring (bicyclic) bond motifs is 2. The molecule has 1 aliphatic carbocycles. The van der Waals surface area contributed by atoms with Crippen LogP contribution in [0.5, 0.6) is 5.75 Å². The van der Waals surface area contributed by atoms with E-state index in [1.165, 1.54) is 13.3 Å². The number of hydrogen-bond donors (Lipinski definition) is 2. The number of esters is 1. The van der Waals surface area contributed by atoms with Gasteiger partial charge in [-0.1, -0.05) is 24.6 Å². The number of nitrogens with two attached hydrogens (primary N) is 1. The summed E-state index contributed by atoms with van der Waals surface area (Å²) in [6.07, 6.45) is 3.22. The molecule has 0 bridgehead atoms. The van der Waals surface area contributed by atoms with Crippen LogP contribution in [0.25, 0.3) is 5.52 Å². The predicted octanol–water partition coefficient (Wildman–Crippen LogP) is 4.22. The van der Waals surface area contributed by atoms with Crippen molar-refractivity contribution in [2.45, 2.75) is 94.7 Å². The maximum atomic E-state index is 14.3. The van der Waals surface area contributed by atoms with E-state index in [4.69, 9.17) is 33.7 Å². The summed E-state index contributed by atoms with van der Waals surface area (Å²) in [5.74, 6) is -1.15. The third-order valence-corrected chi connectivity index (χ3v) is 9.80. The number of nitrogens with one attached hydrogen (secondary N) is 1. The minimum Gasteiger partial charge on any atom is -0.461 e. The number of nitrogen functional groups attached to an aromatic ring is 1. The minimum absolute atomic E-state index is 0.193. The predicted molar refractivity (Wildman–Crippen MR) is 160 cm³/mol. The van der Waals surface area contributed by atoms with Crippen LogP contribution in [-0.2, 0) is 32.8 Å². The maximum absolute atomic E-state index is 14.3. The van der Waals surface area contributed by atoms with Crippen LogP contribution >= 0.6 is 7.75 Å². The molecule has 0 unspecified atom stereocenters. The van der Waals surface area contributed by atoms with Gasteiger partial charge in [0, 0.05) is 0 Å². The number of hydrogen-bond acceptors (Lipinski definition) is 12. The molecule has 2 aliphatic heterocycles. The summed E-state index contributed by atoms with van der Waals surface area (Å²) in [5, 5.41) is 17.6. The Balaban J connectivity index is 1.26. The highest BCUT2D eigenvalue weighted by Crippen LogP contribution is 2.53. The Kier molecular flexibility index (Phi) is 8.60. The number of aromatic nitrogens is 3. The van der Waals surface area contributed by atoms with Crippen LogP contribution in [-0.4, -0.2) is 62.9 Å². The highest BCUT2D eigenvalue weighted by Gasteiger charge is 2.65. The Morgan fingerprint density at radius 3 is 2.67 bits per heavy atom. The van der Waals surface area contributed by atoms with Gasteiger partial charge >= 0.3 is 13.7 Å². The summed E-state index contributed by atoms with van der Waals surface area (Å²) in [4.78, 5) is 17.0. The summed E-state index contributed by atoms with van der Waals surface area (Å²) < 4.78 is 52.1. The molecule has 3 aliphatic rings. The first kappa shape index (κ1) is 31.4. The lowest BCUT2D eigenvalue weighted by Crippen LogP contribution is -2.46. The molecule has 3 N–H and O–H groups in total. The number of benzene rings is 1. The Hall–Kier alpha value is -3.57. The van der Waals surface area contributed by atoms with E-state index in [2.05, 4.69) is 21.2 Å². The first-order valence-electron chi connectivity index (χ1n) is 15.0. The van der Waals surface area contributed by atoms with Crippen LogP contribution < -0.4 is 15.3 Å². The molecule has 6 atom stereocenters. The second-order valence-corrected chi connectivity index (χ2v) is 13.7. The molecule has 0 amide bonds. The number of nitrogens with zero attached hydrogens (tertiary/aromatic N) is 4. The Bertz CT molecular complexity index is 1620. The van der Waals surface area contributed by atoms with Crippen molar-refractivity contribution < 1.29 is 37.4 Å². The Labute approximate surface area is 260 Å². The van der Waals surface area contributed by atoms with E-state index in [1.54, 1.807) is 60.8 Å². The molecule has 0 radical (unpaired) electrons. The zero-order chi connectivity index (χ0) is 31.8. The van der Waals surface area contributed by atoms with E-state index in [0.717, 1.165) is 32.1 Å². The monoisotopic (exact) mass is 640 g/mol. The molecule has 0 spiro atoms. The molecule has 3 fully saturated rings. The van der Waals surface area contributed by atoms with E-state index < -0.39 is 56.1 Å².